The van der Waals surface area contributed by atoms with E-state index >= 15 is 0 Å². The predicted molar refractivity (Wildman–Crippen MR) is 115 cm³/mol. The van der Waals surface area contributed by atoms with E-state index in [0.717, 1.165) is 42.2 Å². The van der Waals surface area contributed by atoms with E-state index in [1.165, 1.54) is 31.4 Å². The van der Waals surface area contributed by atoms with Crippen LogP contribution in [0.15, 0.2) is 40.7 Å². The first-order valence-electron chi connectivity index (χ1n) is 9.94. The Kier molecular flexibility index (Phi) is 7.66. The molecule has 2 aromatic rings. The van der Waals surface area contributed by atoms with Gasteiger partial charge in [0.15, 0.2) is 5.96 Å². The first-order valence-corrected chi connectivity index (χ1v) is 10.8. The fourth-order valence-corrected chi connectivity index (χ4v) is 4.30. The third kappa shape index (κ3) is 6.04. The minimum atomic E-state index is 0.687. The monoisotopic (exact) mass is 385 g/mol. The van der Waals surface area contributed by atoms with E-state index in [4.69, 9.17) is 4.98 Å². The van der Waals surface area contributed by atoms with Gasteiger partial charge in [0.05, 0.1) is 12.2 Å². The van der Waals surface area contributed by atoms with E-state index in [1.807, 2.05) is 25.2 Å². The van der Waals surface area contributed by atoms with Gasteiger partial charge < -0.3 is 15.5 Å². The SMILES string of the molecule is CN=C(NCCCN1CCCCC1C)NCc1csc(-c2ccccc2)n1. The molecule has 2 N–H and O–H groups in total. The summed E-state index contributed by atoms with van der Waals surface area (Å²) in [5.74, 6) is 0.843. The van der Waals surface area contributed by atoms with Gasteiger partial charge in [-0.3, -0.25) is 4.99 Å². The normalized spacial score (nSPS) is 18.4. The number of nitrogens with zero attached hydrogens (tertiary/aromatic N) is 3. The summed E-state index contributed by atoms with van der Waals surface area (Å²) < 4.78 is 0. The number of piperidine rings is 1. The molecule has 0 amide bonds. The Hall–Kier alpha value is -1.92. The van der Waals surface area contributed by atoms with Crippen molar-refractivity contribution in [2.24, 2.45) is 4.99 Å². The van der Waals surface area contributed by atoms with Crippen molar-refractivity contribution in [1.82, 2.24) is 20.5 Å². The highest BCUT2D eigenvalue weighted by Gasteiger charge is 2.17. The van der Waals surface area contributed by atoms with Crippen LogP contribution in [0.1, 0.15) is 38.3 Å². The van der Waals surface area contributed by atoms with Crippen LogP contribution in [-0.4, -0.2) is 48.6 Å². The van der Waals surface area contributed by atoms with Crippen molar-refractivity contribution in [1.29, 1.82) is 0 Å². The van der Waals surface area contributed by atoms with Gasteiger partial charge >= 0.3 is 0 Å². The maximum absolute atomic E-state index is 4.72. The van der Waals surface area contributed by atoms with E-state index in [9.17, 15) is 0 Å². The Bertz CT molecular complexity index is 712. The van der Waals surface area contributed by atoms with Crippen molar-refractivity contribution in [3.05, 3.63) is 41.4 Å². The van der Waals surface area contributed by atoms with Crippen LogP contribution in [0.25, 0.3) is 10.6 Å². The summed E-state index contributed by atoms with van der Waals surface area (Å²) in [6.07, 6.45) is 5.21. The molecule has 146 valence electrons. The van der Waals surface area contributed by atoms with Crippen LogP contribution in [-0.2, 0) is 6.54 Å². The molecule has 0 saturated carbocycles. The lowest BCUT2D eigenvalue weighted by Crippen LogP contribution is -2.41. The number of guanidine groups is 1. The molecule has 1 unspecified atom stereocenters. The molecule has 6 heteroatoms. The van der Waals surface area contributed by atoms with Gasteiger partial charge in [-0.1, -0.05) is 36.8 Å². The van der Waals surface area contributed by atoms with Crippen molar-refractivity contribution in [3.8, 4) is 10.6 Å². The van der Waals surface area contributed by atoms with Gasteiger partial charge in [0.1, 0.15) is 5.01 Å². The Morgan fingerprint density at radius 3 is 2.89 bits per heavy atom. The lowest BCUT2D eigenvalue weighted by molar-refractivity contribution is 0.159. The van der Waals surface area contributed by atoms with Crippen LogP contribution in [0.3, 0.4) is 0 Å². The number of aromatic nitrogens is 1. The Morgan fingerprint density at radius 2 is 2.11 bits per heavy atom. The number of hydrogen-bond donors (Lipinski definition) is 2. The molecule has 1 aliphatic heterocycles. The highest BCUT2D eigenvalue weighted by Crippen LogP contribution is 2.23. The number of aliphatic imine (C=N–C) groups is 1. The molecule has 5 nitrogen and oxygen atoms in total. The Balaban J connectivity index is 1.38. The molecule has 1 fully saturated rings. The summed E-state index contributed by atoms with van der Waals surface area (Å²) in [4.78, 5) is 11.7. The van der Waals surface area contributed by atoms with E-state index in [1.54, 1.807) is 11.3 Å². The largest absolute Gasteiger partial charge is 0.356 e. The number of hydrogen-bond acceptors (Lipinski definition) is 4. The molecule has 2 heterocycles. The summed E-state index contributed by atoms with van der Waals surface area (Å²) in [5, 5.41) is 9.96. The average Bonchev–Trinajstić information content (AvgIpc) is 3.18. The molecule has 0 aliphatic carbocycles. The minimum Gasteiger partial charge on any atom is -0.356 e. The standard InChI is InChI=1S/C21H31N5S/c1-17-9-6-7-13-26(17)14-8-12-23-21(22-2)24-15-19-16-27-20(25-19)18-10-4-3-5-11-18/h3-5,10-11,16-17H,6-9,12-15H2,1-2H3,(H2,22,23,24). The number of rotatable bonds is 7. The zero-order chi connectivity index (χ0) is 18.9. The first-order chi connectivity index (χ1) is 13.3. The number of likely N-dealkylation sites (tertiary alicyclic amines) is 1. The zero-order valence-corrected chi connectivity index (χ0v) is 17.3. The summed E-state index contributed by atoms with van der Waals surface area (Å²) in [6, 6.07) is 11.1. The fourth-order valence-electron chi connectivity index (χ4n) is 3.48. The molecular weight excluding hydrogens is 354 g/mol. The lowest BCUT2D eigenvalue weighted by atomic mass is 10.0. The van der Waals surface area contributed by atoms with Crippen LogP contribution in [0.2, 0.25) is 0 Å². The quantitative estimate of drug-likeness (QED) is 0.433. The maximum atomic E-state index is 4.72. The molecule has 1 aromatic heterocycles. The van der Waals surface area contributed by atoms with Gasteiger partial charge in [-0.25, -0.2) is 4.98 Å². The minimum absolute atomic E-state index is 0.687. The molecule has 3 rings (SSSR count). The summed E-state index contributed by atoms with van der Waals surface area (Å²) in [5.41, 5.74) is 2.21. The van der Waals surface area contributed by atoms with Crippen LogP contribution in [0.4, 0.5) is 0 Å². The van der Waals surface area contributed by atoms with Gasteiger partial charge in [0, 0.05) is 37.1 Å². The fraction of sp³-hybridized carbons (Fsp3) is 0.524. The Labute approximate surface area is 166 Å². The molecule has 1 aliphatic rings. The molecule has 0 bridgehead atoms. The number of benzene rings is 1. The van der Waals surface area contributed by atoms with Crippen molar-refractivity contribution >= 4 is 17.3 Å². The van der Waals surface area contributed by atoms with Gasteiger partial charge in [-0.15, -0.1) is 11.3 Å². The Morgan fingerprint density at radius 1 is 1.26 bits per heavy atom. The highest BCUT2D eigenvalue weighted by molar-refractivity contribution is 7.13. The van der Waals surface area contributed by atoms with Crippen LogP contribution < -0.4 is 10.6 Å². The van der Waals surface area contributed by atoms with E-state index in [2.05, 4.69) is 45.0 Å². The molecule has 0 spiro atoms. The first kappa shape index (κ1) is 19.8. The second kappa shape index (κ2) is 10.4. The van der Waals surface area contributed by atoms with Crippen molar-refractivity contribution < 1.29 is 0 Å². The summed E-state index contributed by atoms with van der Waals surface area (Å²) in [6.45, 7) is 6.39. The second-order valence-corrected chi connectivity index (χ2v) is 7.95. The van der Waals surface area contributed by atoms with Gasteiger partial charge in [0.2, 0.25) is 0 Å². The average molecular weight is 386 g/mol. The third-order valence-corrected chi connectivity index (χ3v) is 6.03. The number of nitrogens with one attached hydrogen (secondary N) is 2. The molecule has 1 saturated heterocycles. The van der Waals surface area contributed by atoms with E-state index in [0.29, 0.717) is 6.54 Å². The predicted octanol–water partition coefficient (Wildman–Crippen LogP) is 3.74. The van der Waals surface area contributed by atoms with Crippen LogP contribution in [0.5, 0.6) is 0 Å². The van der Waals surface area contributed by atoms with Gasteiger partial charge in [-0.2, -0.15) is 0 Å². The highest BCUT2D eigenvalue weighted by atomic mass is 32.1. The lowest BCUT2D eigenvalue weighted by Gasteiger charge is -2.33. The van der Waals surface area contributed by atoms with Crippen molar-refractivity contribution in [2.75, 3.05) is 26.7 Å². The van der Waals surface area contributed by atoms with Crippen molar-refractivity contribution in [3.63, 3.8) is 0 Å². The van der Waals surface area contributed by atoms with Gasteiger partial charge in [-0.05, 0) is 32.7 Å². The molecule has 27 heavy (non-hydrogen) atoms. The second-order valence-electron chi connectivity index (χ2n) is 7.10. The molecular formula is C21H31N5S. The summed E-state index contributed by atoms with van der Waals surface area (Å²) >= 11 is 1.68. The molecule has 1 aromatic carbocycles. The smallest absolute Gasteiger partial charge is 0.191 e. The zero-order valence-electron chi connectivity index (χ0n) is 16.4. The van der Waals surface area contributed by atoms with E-state index < -0.39 is 0 Å². The van der Waals surface area contributed by atoms with Crippen LogP contribution >= 0.6 is 11.3 Å². The molecule has 1 atom stereocenters. The van der Waals surface area contributed by atoms with Crippen molar-refractivity contribution in [2.45, 2.75) is 45.2 Å². The van der Waals surface area contributed by atoms with E-state index in [-0.39, 0.29) is 0 Å². The topological polar surface area (TPSA) is 52.6 Å². The third-order valence-electron chi connectivity index (χ3n) is 5.09. The van der Waals surface area contributed by atoms with Gasteiger partial charge in [0.25, 0.3) is 0 Å². The maximum Gasteiger partial charge on any atom is 0.191 e. The number of thiazole rings is 1. The van der Waals surface area contributed by atoms with Crippen LogP contribution in [0, 0.1) is 0 Å². The molecule has 0 radical (unpaired) electrons. The summed E-state index contributed by atoms with van der Waals surface area (Å²) in [7, 11) is 1.82.